The van der Waals surface area contributed by atoms with Crippen molar-refractivity contribution in [3.05, 3.63) is 152 Å². The van der Waals surface area contributed by atoms with Crippen LogP contribution in [0.25, 0.3) is 72.0 Å². The zero-order valence-electron chi connectivity index (χ0n) is 22.3. The van der Waals surface area contributed by atoms with Gasteiger partial charge in [0, 0.05) is 27.6 Å². The zero-order valence-corrected chi connectivity index (χ0v) is 22.3. The fraction of sp³-hybridized carbons (Fsp3) is 0. The SMILES string of the molecule is c1ccc(-c2cccc3c4ccccc4n(-c4ccc(-c5ccc(-c6cnc7ccccc7n6)cc5)cc4)c23)cc1. The van der Waals surface area contributed by atoms with Crippen LogP contribution in [0.4, 0.5) is 0 Å². The first-order valence-corrected chi connectivity index (χ1v) is 13.8. The predicted molar refractivity (Wildman–Crippen MR) is 170 cm³/mol. The Hall–Kier alpha value is -5.54. The van der Waals surface area contributed by atoms with Crippen molar-refractivity contribution in [2.45, 2.75) is 0 Å². The molecule has 3 nitrogen and oxygen atoms in total. The van der Waals surface area contributed by atoms with E-state index in [0.29, 0.717) is 0 Å². The van der Waals surface area contributed by atoms with Gasteiger partial charge in [0.1, 0.15) is 0 Å². The Morgan fingerprint density at radius 1 is 0.439 bits per heavy atom. The minimum absolute atomic E-state index is 0.881. The molecule has 0 aliphatic heterocycles. The number of fused-ring (bicyclic) bond motifs is 4. The van der Waals surface area contributed by atoms with Crippen molar-refractivity contribution in [3.8, 4) is 39.2 Å². The van der Waals surface area contributed by atoms with E-state index in [9.17, 15) is 0 Å². The summed E-state index contributed by atoms with van der Waals surface area (Å²) in [5, 5.41) is 2.52. The second kappa shape index (κ2) is 9.58. The van der Waals surface area contributed by atoms with Crippen molar-refractivity contribution < 1.29 is 0 Å². The highest BCUT2D eigenvalue weighted by atomic mass is 15.0. The van der Waals surface area contributed by atoms with Gasteiger partial charge in [0.2, 0.25) is 0 Å². The summed E-state index contributed by atoms with van der Waals surface area (Å²) in [4.78, 5) is 9.38. The van der Waals surface area contributed by atoms with Crippen molar-refractivity contribution >= 4 is 32.8 Å². The molecule has 0 amide bonds. The Morgan fingerprint density at radius 3 is 1.88 bits per heavy atom. The summed E-state index contributed by atoms with van der Waals surface area (Å²) in [6.07, 6.45) is 1.85. The molecular weight excluding hydrogens is 498 g/mol. The maximum absolute atomic E-state index is 4.80. The van der Waals surface area contributed by atoms with E-state index in [1.54, 1.807) is 0 Å². The van der Waals surface area contributed by atoms with Gasteiger partial charge in [-0.05, 0) is 47.0 Å². The van der Waals surface area contributed by atoms with Crippen LogP contribution in [0, 0.1) is 0 Å². The van der Waals surface area contributed by atoms with Crippen molar-refractivity contribution in [2.24, 2.45) is 0 Å². The molecule has 0 radical (unpaired) electrons. The van der Waals surface area contributed by atoms with Crippen LogP contribution in [0.15, 0.2) is 152 Å². The molecule has 0 unspecified atom stereocenters. The number of hydrogen-bond acceptors (Lipinski definition) is 2. The highest BCUT2D eigenvalue weighted by Gasteiger charge is 2.16. The molecule has 6 aromatic carbocycles. The van der Waals surface area contributed by atoms with Gasteiger partial charge >= 0.3 is 0 Å². The van der Waals surface area contributed by atoms with E-state index in [1.165, 1.54) is 44.1 Å². The van der Waals surface area contributed by atoms with E-state index in [0.717, 1.165) is 28.0 Å². The fourth-order valence-corrected chi connectivity index (χ4v) is 5.87. The third-order valence-corrected chi connectivity index (χ3v) is 7.87. The molecule has 2 heterocycles. The number of rotatable bonds is 4. The molecule has 0 aliphatic rings. The summed E-state index contributed by atoms with van der Waals surface area (Å²) in [6, 6.07) is 51.4. The molecule has 8 aromatic rings. The molecule has 0 N–H and O–H groups in total. The molecule has 0 saturated heterocycles. The Bertz CT molecular complexity index is 2180. The van der Waals surface area contributed by atoms with Crippen LogP contribution < -0.4 is 0 Å². The number of nitrogens with zero attached hydrogens (tertiary/aromatic N) is 3. The van der Waals surface area contributed by atoms with Gasteiger partial charge in [-0.1, -0.05) is 115 Å². The first kappa shape index (κ1) is 23.4. The van der Waals surface area contributed by atoms with Crippen LogP contribution in [0.3, 0.4) is 0 Å². The molecule has 0 atom stereocenters. The molecule has 192 valence electrons. The lowest BCUT2D eigenvalue weighted by atomic mass is 10.0. The summed E-state index contributed by atoms with van der Waals surface area (Å²) in [5.41, 5.74) is 12.1. The lowest BCUT2D eigenvalue weighted by Crippen LogP contribution is -1.95. The highest BCUT2D eigenvalue weighted by molar-refractivity contribution is 6.13. The van der Waals surface area contributed by atoms with Crippen molar-refractivity contribution in [3.63, 3.8) is 0 Å². The lowest BCUT2D eigenvalue weighted by molar-refractivity contribution is 1.18. The number of benzene rings is 6. The van der Waals surface area contributed by atoms with Gasteiger partial charge in [0.25, 0.3) is 0 Å². The summed E-state index contributed by atoms with van der Waals surface area (Å²) in [7, 11) is 0. The first-order chi connectivity index (χ1) is 20.3. The Morgan fingerprint density at radius 2 is 1.07 bits per heavy atom. The van der Waals surface area contributed by atoms with Crippen LogP contribution in [-0.4, -0.2) is 14.5 Å². The van der Waals surface area contributed by atoms with Crippen LogP contribution >= 0.6 is 0 Å². The molecular formula is C38H25N3. The molecule has 0 saturated carbocycles. The molecule has 0 aliphatic carbocycles. The average molecular weight is 524 g/mol. The average Bonchev–Trinajstić information content (AvgIpc) is 3.40. The molecule has 41 heavy (non-hydrogen) atoms. The van der Waals surface area contributed by atoms with Crippen molar-refractivity contribution in [2.75, 3.05) is 0 Å². The normalized spacial score (nSPS) is 11.4. The van der Waals surface area contributed by atoms with Gasteiger partial charge in [0.15, 0.2) is 0 Å². The lowest BCUT2D eigenvalue weighted by Gasteiger charge is -2.13. The number of hydrogen-bond donors (Lipinski definition) is 0. The minimum Gasteiger partial charge on any atom is -0.309 e. The molecule has 3 heteroatoms. The first-order valence-electron chi connectivity index (χ1n) is 13.8. The Balaban J connectivity index is 1.20. The van der Waals surface area contributed by atoms with Crippen molar-refractivity contribution in [1.82, 2.24) is 14.5 Å². The summed E-state index contributed by atoms with van der Waals surface area (Å²) >= 11 is 0. The van der Waals surface area contributed by atoms with E-state index in [4.69, 9.17) is 4.98 Å². The maximum Gasteiger partial charge on any atom is 0.0894 e. The Kier molecular flexibility index (Phi) is 5.46. The quantitative estimate of drug-likeness (QED) is 0.230. The maximum atomic E-state index is 4.80. The third-order valence-electron chi connectivity index (χ3n) is 7.87. The van der Waals surface area contributed by atoms with Crippen LogP contribution in [0.5, 0.6) is 0 Å². The van der Waals surface area contributed by atoms with Crippen LogP contribution in [0.2, 0.25) is 0 Å². The van der Waals surface area contributed by atoms with Gasteiger partial charge in [0.05, 0.1) is 34.0 Å². The predicted octanol–water partition coefficient (Wildman–Crippen LogP) is 9.73. The van der Waals surface area contributed by atoms with Gasteiger partial charge < -0.3 is 4.57 Å². The number of aromatic nitrogens is 3. The summed E-state index contributed by atoms with van der Waals surface area (Å²) in [5.74, 6) is 0. The van der Waals surface area contributed by atoms with Gasteiger partial charge in [-0.3, -0.25) is 4.98 Å². The summed E-state index contributed by atoms with van der Waals surface area (Å²) < 4.78 is 2.40. The second-order valence-electron chi connectivity index (χ2n) is 10.3. The fourth-order valence-electron chi connectivity index (χ4n) is 5.87. The minimum atomic E-state index is 0.881. The summed E-state index contributed by atoms with van der Waals surface area (Å²) in [6.45, 7) is 0. The molecule has 2 aromatic heterocycles. The van der Waals surface area contributed by atoms with Crippen molar-refractivity contribution in [1.29, 1.82) is 0 Å². The Labute approximate surface area is 238 Å². The van der Waals surface area contributed by atoms with E-state index in [1.807, 2.05) is 30.5 Å². The largest absolute Gasteiger partial charge is 0.309 e. The van der Waals surface area contributed by atoms with Gasteiger partial charge in [-0.15, -0.1) is 0 Å². The number of para-hydroxylation sites is 4. The van der Waals surface area contributed by atoms with E-state index >= 15 is 0 Å². The smallest absolute Gasteiger partial charge is 0.0894 e. The highest BCUT2D eigenvalue weighted by Crippen LogP contribution is 2.38. The van der Waals surface area contributed by atoms with E-state index in [-0.39, 0.29) is 0 Å². The standard InChI is InChI=1S/C38H25N3/c1-2-9-28(10-3-1)31-12-8-13-33-32-11-4-7-16-37(32)41(38(31)33)30-23-21-27(22-24-30)26-17-19-29(20-18-26)36-25-39-34-14-5-6-15-35(34)40-36/h1-25H. The van der Waals surface area contributed by atoms with Gasteiger partial charge in [-0.2, -0.15) is 0 Å². The van der Waals surface area contributed by atoms with Crippen LogP contribution in [-0.2, 0) is 0 Å². The van der Waals surface area contributed by atoms with Gasteiger partial charge in [-0.25, -0.2) is 4.98 Å². The molecule has 8 rings (SSSR count). The molecule has 0 spiro atoms. The monoisotopic (exact) mass is 523 g/mol. The molecule has 0 fully saturated rings. The van der Waals surface area contributed by atoms with E-state index in [2.05, 4.69) is 131 Å². The third kappa shape index (κ3) is 3.98. The second-order valence-corrected chi connectivity index (χ2v) is 10.3. The zero-order chi connectivity index (χ0) is 27.2. The van der Waals surface area contributed by atoms with E-state index < -0.39 is 0 Å². The van der Waals surface area contributed by atoms with Crippen LogP contribution in [0.1, 0.15) is 0 Å². The molecule has 0 bridgehead atoms. The topological polar surface area (TPSA) is 30.7 Å².